The van der Waals surface area contributed by atoms with Crippen molar-refractivity contribution in [3.63, 3.8) is 0 Å². The third-order valence-corrected chi connectivity index (χ3v) is 4.55. The highest BCUT2D eigenvalue weighted by atomic mass is 79.9. The van der Waals surface area contributed by atoms with E-state index in [0.29, 0.717) is 39.1 Å². The summed E-state index contributed by atoms with van der Waals surface area (Å²) in [4.78, 5) is 22.7. The van der Waals surface area contributed by atoms with Crippen LogP contribution < -0.4 is 14.8 Å². The summed E-state index contributed by atoms with van der Waals surface area (Å²) in [5.41, 5.74) is 0.706. The first-order chi connectivity index (χ1) is 12.4. The fourth-order valence-electron chi connectivity index (χ4n) is 1.96. The van der Waals surface area contributed by atoms with Gasteiger partial charge in [0.2, 0.25) is 5.91 Å². The van der Waals surface area contributed by atoms with Crippen LogP contribution in [0.5, 0.6) is 11.5 Å². The smallest absolute Gasteiger partial charge is 0.346 e. The Morgan fingerprint density at radius 1 is 1.50 bits per heavy atom. The van der Waals surface area contributed by atoms with Gasteiger partial charge in [0.25, 0.3) is 0 Å². The zero-order valence-electron chi connectivity index (χ0n) is 14.4. The van der Waals surface area contributed by atoms with Crippen LogP contribution in [0.25, 0.3) is 0 Å². The molecule has 140 valence electrons. The van der Waals surface area contributed by atoms with Gasteiger partial charge in [0.05, 0.1) is 30.2 Å². The number of benzene rings is 1. The lowest BCUT2D eigenvalue weighted by Crippen LogP contribution is -2.25. The van der Waals surface area contributed by atoms with E-state index in [2.05, 4.69) is 36.2 Å². The number of thioether (sulfide) groups is 1. The monoisotopic (exact) mass is 443 g/mol. The highest BCUT2D eigenvalue weighted by Gasteiger charge is 2.20. The van der Waals surface area contributed by atoms with Gasteiger partial charge in [-0.2, -0.15) is 5.10 Å². The number of carbonyl (C=O) groups excluding carboxylic acids is 2. The second-order valence-electron chi connectivity index (χ2n) is 5.03. The second kappa shape index (κ2) is 9.58. The van der Waals surface area contributed by atoms with E-state index >= 15 is 0 Å². The molecule has 0 spiro atoms. The SMILES string of the molecule is CCOc1cc(C=NN=C2NC(=O)CS2)cc(Br)c1OC(C)C(=O)OC. The van der Waals surface area contributed by atoms with Crippen molar-refractivity contribution < 1.29 is 23.8 Å². The molecule has 2 rings (SSSR count). The number of hydrogen-bond donors (Lipinski definition) is 1. The lowest BCUT2D eigenvalue weighted by atomic mass is 10.2. The first kappa shape index (κ1) is 20.2. The lowest BCUT2D eigenvalue weighted by molar-refractivity contribution is -0.148. The minimum atomic E-state index is -0.788. The molecular formula is C16H18BrN3O5S. The van der Waals surface area contributed by atoms with Crippen LogP contribution in [0.15, 0.2) is 26.8 Å². The second-order valence-corrected chi connectivity index (χ2v) is 6.85. The zero-order chi connectivity index (χ0) is 19.1. The highest BCUT2D eigenvalue weighted by molar-refractivity contribution is 9.10. The van der Waals surface area contributed by atoms with Gasteiger partial charge >= 0.3 is 5.97 Å². The van der Waals surface area contributed by atoms with E-state index in [-0.39, 0.29) is 5.91 Å². The summed E-state index contributed by atoms with van der Waals surface area (Å²) in [6, 6.07) is 3.48. The number of methoxy groups -OCH3 is 1. The van der Waals surface area contributed by atoms with Crippen LogP contribution in [0.3, 0.4) is 0 Å². The molecule has 1 aliphatic rings. The fraction of sp³-hybridized carbons (Fsp3) is 0.375. The Morgan fingerprint density at radius 2 is 2.27 bits per heavy atom. The van der Waals surface area contributed by atoms with Gasteiger partial charge in [0.1, 0.15) is 0 Å². The van der Waals surface area contributed by atoms with Gasteiger partial charge in [-0.25, -0.2) is 4.79 Å². The van der Waals surface area contributed by atoms with E-state index in [1.54, 1.807) is 19.1 Å². The molecule has 0 aromatic heterocycles. The standard InChI is InChI=1S/C16H18BrN3O5S/c1-4-24-12-6-10(7-18-20-16-19-13(21)8-26-16)5-11(17)14(12)25-9(2)15(22)23-3/h5-7,9H,4,8H2,1-3H3,(H,19,20,21). The molecule has 1 saturated heterocycles. The largest absolute Gasteiger partial charge is 0.490 e. The van der Waals surface area contributed by atoms with Crippen LogP contribution in [-0.2, 0) is 14.3 Å². The van der Waals surface area contributed by atoms with Gasteiger partial charge in [-0.3, -0.25) is 4.79 Å². The molecule has 26 heavy (non-hydrogen) atoms. The van der Waals surface area contributed by atoms with Gasteiger partial charge < -0.3 is 19.5 Å². The average molecular weight is 444 g/mol. The highest BCUT2D eigenvalue weighted by Crippen LogP contribution is 2.37. The summed E-state index contributed by atoms with van der Waals surface area (Å²) >= 11 is 4.71. The molecule has 1 unspecified atom stereocenters. The molecule has 10 heteroatoms. The Bertz CT molecular complexity index is 754. The summed E-state index contributed by atoms with van der Waals surface area (Å²) in [6.45, 7) is 3.85. The summed E-state index contributed by atoms with van der Waals surface area (Å²) in [6.07, 6.45) is 0.739. The van der Waals surface area contributed by atoms with E-state index in [1.807, 2.05) is 6.92 Å². The molecule has 1 atom stereocenters. The van der Waals surface area contributed by atoms with Crippen molar-refractivity contribution in [2.45, 2.75) is 20.0 Å². The maximum atomic E-state index is 11.6. The van der Waals surface area contributed by atoms with E-state index in [9.17, 15) is 9.59 Å². The number of nitrogens with one attached hydrogen (secondary N) is 1. The number of carbonyl (C=O) groups is 2. The van der Waals surface area contributed by atoms with Crippen LogP contribution >= 0.6 is 27.7 Å². The quantitative estimate of drug-likeness (QED) is 0.394. The van der Waals surface area contributed by atoms with Crippen LogP contribution in [0.1, 0.15) is 19.4 Å². The van der Waals surface area contributed by atoms with Crippen LogP contribution in [-0.4, -0.2) is 48.8 Å². The summed E-state index contributed by atoms with van der Waals surface area (Å²) in [5.74, 6) is 0.615. The van der Waals surface area contributed by atoms with E-state index < -0.39 is 12.1 Å². The molecule has 0 aliphatic carbocycles. The number of ether oxygens (including phenoxy) is 3. The number of esters is 1. The Kier molecular flexibility index (Phi) is 7.46. The molecule has 1 heterocycles. The minimum absolute atomic E-state index is 0.0912. The topological polar surface area (TPSA) is 98.6 Å². The van der Waals surface area contributed by atoms with Crippen LogP contribution in [0, 0.1) is 0 Å². The van der Waals surface area contributed by atoms with Crippen molar-refractivity contribution in [1.29, 1.82) is 0 Å². The summed E-state index contributed by atoms with van der Waals surface area (Å²) in [5, 5.41) is 11.0. The Balaban J connectivity index is 2.21. The molecule has 0 radical (unpaired) electrons. The van der Waals surface area contributed by atoms with Gasteiger partial charge in [0, 0.05) is 0 Å². The molecule has 1 aromatic carbocycles. The number of rotatable bonds is 7. The normalized spacial score (nSPS) is 16.6. The summed E-state index contributed by atoms with van der Waals surface area (Å²) in [7, 11) is 1.30. The van der Waals surface area contributed by atoms with E-state index in [4.69, 9.17) is 9.47 Å². The molecular weight excluding hydrogens is 426 g/mol. The van der Waals surface area contributed by atoms with Gasteiger partial charge in [0.15, 0.2) is 22.8 Å². The maximum Gasteiger partial charge on any atom is 0.346 e. The van der Waals surface area contributed by atoms with Crippen LogP contribution in [0.2, 0.25) is 0 Å². The molecule has 8 nitrogen and oxygen atoms in total. The molecule has 0 saturated carbocycles. The third-order valence-electron chi connectivity index (χ3n) is 3.10. The number of nitrogens with zero attached hydrogens (tertiary/aromatic N) is 2. The molecule has 1 amide bonds. The fourth-order valence-corrected chi connectivity index (χ4v) is 3.14. The predicted octanol–water partition coefficient (Wildman–Crippen LogP) is 2.34. The predicted molar refractivity (Wildman–Crippen MR) is 103 cm³/mol. The van der Waals surface area contributed by atoms with Gasteiger partial charge in [-0.1, -0.05) is 11.8 Å². The first-order valence-corrected chi connectivity index (χ1v) is 9.47. The Labute approximate surface area is 163 Å². The molecule has 1 N–H and O–H groups in total. The number of amidine groups is 1. The van der Waals surface area contributed by atoms with Gasteiger partial charge in [-0.15, -0.1) is 5.10 Å². The first-order valence-electron chi connectivity index (χ1n) is 7.69. The lowest BCUT2D eigenvalue weighted by Gasteiger charge is -2.17. The number of amides is 1. The Hall–Kier alpha value is -2.07. The third kappa shape index (κ3) is 5.46. The van der Waals surface area contributed by atoms with E-state index in [1.165, 1.54) is 25.1 Å². The van der Waals surface area contributed by atoms with Crippen molar-refractivity contribution in [3.8, 4) is 11.5 Å². The summed E-state index contributed by atoms with van der Waals surface area (Å²) < 4.78 is 16.5. The number of hydrogen-bond acceptors (Lipinski definition) is 8. The molecule has 1 aliphatic heterocycles. The molecule has 1 aromatic rings. The molecule has 1 fully saturated rings. The van der Waals surface area contributed by atoms with Crippen molar-refractivity contribution in [1.82, 2.24) is 5.32 Å². The van der Waals surface area contributed by atoms with Gasteiger partial charge in [-0.05, 0) is 47.5 Å². The zero-order valence-corrected chi connectivity index (χ0v) is 16.8. The van der Waals surface area contributed by atoms with Crippen molar-refractivity contribution in [2.75, 3.05) is 19.5 Å². The van der Waals surface area contributed by atoms with Crippen molar-refractivity contribution in [2.24, 2.45) is 10.2 Å². The minimum Gasteiger partial charge on any atom is -0.490 e. The van der Waals surface area contributed by atoms with E-state index in [0.717, 1.165) is 0 Å². The average Bonchev–Trinajstić information content (AvgIpc) is 3.02. The van der Waals surface area contributed by atoms with Crippen molar-refractivity contribution in [3.05, 3.63) is 22.2 Å². The van der Waals surface area contributed by atoms with Crippen molar-refractivity contribution >= 4 is 51.0 Å². The number of halogens is 1. The Morgan fingerprint density at radius 3 is 2.88 bits per heavy atom. The maximum absolute atomic E-state index is 11.6. The van der Waals surface area contributed by atoms with Crippen LogP contribution in [0.4, 0.5) is 0 Å². The molecule has 0 bridgehead atoms.